The van der Waals surface area contributed by atoms with Gasteiger partial charge in [-0.1, -0.05) is 5.16 Å². The van der Waals surface area contributed by atoms with Crippen LogP contribution in [-0.2, 0) is 12.9 Å². The second-order valence-electron chi connectivity index (χ2n) is 7.92. The Bertz CT molecular complexity index is 1470. The molecule has 0 bridgehead atoms. The fourth-order valence-electron chi connectivity index (χ4n) is 4.34. The van der Waals surface area contributed by atoms with Crippen molar-refractivity contribution in [3.63, 3.8) is 0 Å². The molecule has 1 atom stereocenters. The van der Waals surface area contributed by atoms with E-state index in [1.165, 1.54) is 19.1 Å². The van der Waals surface area contributed by atoms with E-state index in [2.05, 4.69) is 15.0 Å². The highest BCUT2D eigenvalue weighted by atomic mass is 19.1. The standard InChI is InChI=1S/C23H27FN4O3/c1-14-17(23(30)28-9-2-3-19(29)22(28)25-14)8-12-27-10-6-15(7-11-27)21-18-5-4-16(24)13-20(18)31-26-21/h4-5,13,15,19,29H,2-3,6-12H2,1H3/i2D2,3D2,9D2,19D. The van der Waals surface area contributed by atoms with Crippen LogP contribution in [0.15, 0.2) is 27.5 Å². The lowest BCUT2D eigenvalue weighted by Crippen LogP contribution is -2.37. The van der Waals surface area contributed by atoms with Gasteiger partial charge in [0.1, 0.15) is 17.7 Å². The summed E-state index contributed by atoms with van der Waals surface area (Å²) in [4.78, 5) is 19.6. The first-order valence-electron chi connectivity index (χ1n) is 13.7. The Morgan fingerprint density at radius 3 is 3.00 bits per heavy atom. The number of piperidine rings is 1. The Morgan fingerprint density at radius 1 is 1.39 bits per heavy atom. The third kappa shape index (κ3) is 3.78. The number of fused-ring (bicyclic) bond motifs is 2. The Hall–Kier alpha value is -2.58. The maximum Gasteiger partial charge on any atom is 0.257 e. The Balaban J connectivity index is 1.35. The Morgan fingerprint density at radius 2 is 2.19 bits per heavy atom. The van der Waals surface area contributed by atoms with Gasteiger partial charge in [0.2, 0.25) is 0 Å². The van der Waals surface area contributed by atoms with Gasteiger partial charge in [-0.05, 0) is 64.2 Å². The van der Waals surface area contributed by atoms with Gasteiger partial charge in [-0.15, -0.1) is 0 Å². The average Bonchev–Trinajstić information content (AvgIpc) is 3.25. The molecule has 5 rings (SSSR count). The van der Waals surface area contributed by atoms with Gasteiger partial charge >= 0.3 is 0 Å². The lowest BCUT2D eigenvalue weighted by atomic mass is 9.91. The van der Waals surface area contributed by atoms with Crippen LogP contribution in [0.3, 0.4) is 0 Å². The summed E-state index contributed by atoms with van der Waals surface area (Å²) in [5.74, 6) is -1.14. The van der Waals surface area contributed by atoms with Gasteiger partial charge in [-0.25, -0.2) is 9.37 Å². The number of rotatable bonds is 4. The van der Waals surface area contributed by atoms with Crippen molar-refractivity contribution in [2.45, 2.75) is 57.4 Å². The molecule has 8 heteroatoms. The van der Waals surface area contributed by atoms with Crippen LogP contribution in [0.5, 0.6) is 0 Å². The van der Waals surface area contributed by atoms with Crippen LogP contribution >= 0.6 is 0 Å². The molecule has 7 nitrogen and oxygen atoms in total. The number of aryl methyl sites for hydroxylation is 1. The van der Waals surface area contributed by atoms with Crippen LogP contribution in [0.4, 0.5) is 4.39 Å². The molecule has 1 N–H and O–H groups in total. The minimum Gasteiger partial charge on any atom is -0.385 e. The zero-order valence-electron chi connectivity index (χ0n) is 24.0. The number of aliphatic hydroxyl groups is 1. The van der Waals surface area contributed by atoms with Gasteiger partial charge in [0, 0.05) is 49.9 Å². The highest BCUT2D eigenvalue weighted by molar-refractivity contribution is 5.79. The third-order valence-corrected chi connectivity index (χ3v) is 6.06. The van der Waals surface area contributed by atoms with Gasteiger partial charge in [0.25, 0.3) is 5.56 Å². The quantitative estimate of drug-likeness (QED) is 0.681. The number of hydrogen-bond donors (Lipinski definition) is 1. The molecule has 2 aromatic heterocycles. The van der Waals surface area contributed by atoms with Crippen molar-refractivity contribution in [2.24, 2.45) is 0 Å². The van der Waals surface area contributed by atoms with E-state index in [-0.39, 0.29) is 23.6 Å². The molecule has 1 aromatic carbocycles. The van der Waals surface area contributed by atoms with E-state index in [0.29, 0.717) is 29.8 Å². The number of benzene rings is 1. The predicted molar refractivity (Wildman–Crippen MR) is 114 cm³/mol. The molecular formula is C23H27FN4O3. The highest BCUT2D eigenvalue weighted by Gasteiger charge is 2.26. The molecule has 4 heterocycles. The van der Waals surface area contributed by atoms with Crippen molar-refractivity contribution in [3.8, 4) is 0 Å². The summed E-state index contributed by atoms with van der Waals surface area (Å²) in [6.45, 7) is 0.0422. The maximum absolute atomic E-state index is 13.5. The third-order valence-electron chi connectivity index (χ3n) is 6.06. The number of hydrogen-bond acceptors (Lipinski definition) is 6. The van der Waals surface area contributed by atoms with E-state index in [1.807, 2.05) is 0 Å². The van der Waals surface area contributed by atoms with Gasteiger partial charge in [0.05, 0.1) is 7.06 Å². The van der Waals surface area contributed by atoms with E-state index in [4.69, 9.17) is 14.1 Å². The number of aromatic nitrogens is 3. The van der Waals surface area contributed by atoms with E-state index in [0.717, 1.165) is 23.9 Å². The molecule has 0 amide bonds. The molecule has 2 aliphatic rings. The molecule has 1 saturated heterocycles. The summed E-state index contributed by atoms with van der Waals surface area (Å²) < 4.78 is 75.8. The fraction of sp³-hybridized carbons (Fsp3) is 0.522. The lowest BCUT2D eigenvalue weighted by Gasteiger charge is -2.31. The Kier molecular flexibility index (Phi) is 3.62. The van der Waals surface area contributed by atoms with Crippen LogP contribution in [-0.4, -0.2) is 44.3 Å². The first-order valence-corrected chi connectivity index (χ1v) is 10.2. The summed E-state index contributed by atoms with van der Waals surface area (Å²) in [7, 11) is 0. The molecule has 0 saturated carbocycles. The van der Waals surface area contributed by atoms with Crippen LogP contribution in [0.25, 0.3) is 11.0 Å². The molecule has 0 radical (unpaired) electrons. The molecule has 1 fully saturated rings. The second kappa shape index (κ2) is 8.16. The fourth-order valence-corrected chi connectivity index (χ4v) is 4.34. The number of nitrogens with zero attached hydrogens (tertiary/aromatic N) is 4. The molecule has 0 aliphatic carbocycles. The molecule has 31 heavy (non-hydrogen) atoms. The lowest BCUT2D eigenvalue weighted by molar-refractivity contribution is 0.129. The van der Waals surface area contributed by atoms with E-state index < -0.39 is 42.5 Å². The number of likely N-dealkylation sites (tertiary alicyclic amines) is 1. The summed E-state index contributed by atoms with van der Waals surface area (Å²) in [6.07, 6.45) is -8.40. The molecule has 164 valence electrons. The normalized spacial score (nSPS) is 30.9. The van der Waals surface area contributed by atoms with E-state index in [1.54, 1.807) is 6.07 Å². The zero-order valence-corrected chi connectivity index (χ0v) is 17.0. The minimum atomic E-state index is -3.40. The van der Waals surface area contributed by atoms with Crippen LogP contribution in [0.1, 0.15) is 70.0 Å². The van der Waals surface area contributed by atoms with Crippen molar-refractivity contribution in [1.29, 1.82) is 0 Å². The second-order valence-corrected chi connectivity index (χ2v) is 7.92. The van der Waals surface area contributed by atoms with Crippen LogP contribution in [0, 0.1) is 12.7 Å². The SMILES string of the molecule is [2H]C1(O)c2nc(C)c(CCN3CCC(c4noc5cc(F)ccc45)CC3)c(=O)n2C([2H])([2H])C([2H])([2H])C1([2H])[2H]. The van der Waals surface area contributed by atoms with Crippen molar-refractivity contribution in [2.75, 3.05) is 19.6 Å². The van der Waals surface area contributed by atoms with Crippen LogP contribution < -0.4 is 5.56 Å². The van der Waals surface area contributed by atoms with Gasteiger partial charge in [-0.3, -0.25) is 9.36 Å². The molecule has 2 aliphatic heterocycles. The topological polar surface area (TPSA) is 84.4 Å². The van der Waals surface area contributed by atoms with Crippen molar-refractivity contribution >= 4 is 11.0 Å². The first kappa shape index (κ1) is 13.8. The van der Waals surface area contributed by atoms with Crippen molar-refractivity contribution in [1.82, 2.24) is 19.6 Å². The van der Waals surface area contributed by atoms with E-state index in [9.17, 15) is 14.3 Å². The Labute approximate surface area is 189 Å². The number of halogens is 1. The molecular weight excluding hydrogens is 399 g/mol. The largest absolute Gasteiger partial charge is 0.385 e. The molecule has 3 aromatic rings. The summed E-state index contributed by atoms with van der Waals surface area (Å²) in [5, 5.41) is 15.5. The van der Waals surface area contributed by atoms with E-state index >= 15 is 0 Å². The molecule has 0 spiro atoms. The zero-order chi connectivity index (χ0) is 27.8. The predicted octanol–water partition coefficient (Wildman–Crippen LogP) is 3.08. The smallest absolute Gasteiger partial charge is 0.257 e. The minimum absolute atomic E-state index is 0.110. The maximum atomic E-state index is 13.5. The van der Waals surface area contributed by atoms with Gasteiger partial charge in [0.15, 0.2) is 5.58 Å². The summed E-state index contributed by atoms with van der Waals surface area (Å²) >= 11 is 0. The summed E-state index contributed by atoms with van der Waals surface area (Å²) in [6, 6.07) is 4.33. The van der Waals surface area contributed by atoms with Gasteiger partial charge in [-0.2, -0.15) is 0 Å². The highest BCUT2D eigenvalue weighted by Crippen LogP contribution is 2.32. The monoisotopic (exact) mass is 433 g/mol. The molecule has 1 unspecified atom stereocenters. The first-order chi connectivity index (χ1) is 17.6. The van der Waals surface area contributed by atoms with Gasteiger partial charge < -0.3 is 14.5 Å². The van der Waals surface area contributed by atoms with Crippen LogP contribution in [0.2, 0.25) is 0 Å². The van der Waals surface area contributed by atoms with Crippen molar-refractivity contribution < 1.29 is 23.6 Å². The van der Waals surface area contributed by atoms with Crippen molar-refractivity contribution in [3.05, 3.63) is 57.1 Å². The summed E-state index contributed by atoms with van der Waals surface area (Å²) in [5.41, 5.74) is 0.469. The average molecular weight is 434 g/mol.